The van der Waals surface area contributed by atoms with Gasteiger partial charge in [-0.2, -0.15) is 0 Å². The van der Waals surface area contributed by atoms with E-state index < -0.39 is 0 Å². The summed E-state index contributed by atoms with van der Waals surface area (Å²) in [4.78, 5) is 2.42. The van der Waals surface area contributed by atoms with Gasteiger partial charge in [-0.3, -0.25) is 0 Å². The van der Waals surface area contributed by atoms with Crippen LogP contribution >= 0.6 is 0 Å². The summed E-state index contributed by atoms with van der Waals surface area (Å²) in [5.41, 5.74) is 18.6. The largest absolute Gasteiger partial charge is 0.310 e. The molecule has 0 aliphatic heterocycles. The van der Waals surface area contributed by atoms with E-state index in [9.17, 15) is 0 Å². The molecule has 0 saturated carbocycles. The third-order valence-corrected chi connectivity index (χ3v) is 12.0. The minimum Gasteiger partial charge on any atom is -0.310 e. The predicted molar refractivity (Wildman–Crippen MR) is 263 cm³/mol. The zero-order valence-corrected chi connectivity index (χ0v) is 34.1. The van der Waals surface area contributed by atoms with E-state index in [0.29, 0.717) is 0 Å². The van der Waals surface area contributed by atoms with Crippen LogP contribution in [0.2, 0.25) is 0 Å². The molecule has 0 aliphatic carbocycles. The third kappa shape index (κ3) is 6.84. The number of benzene rings is 10. The number of anilines is 3. The molecule has 10 aromatic carbocycles. The van der Waals surface area contributed by atoms with Crippen LogP contribution in [0.5, 0.6) is 0 Å². The Morgan fingerprint density at radius 2 is 0.726 bits per heavy atom. The third-order valence-electron chi connectivity index (χ3n) is 12.0. The van der Waals surface area contributed by atoms with E-state index in [1.54, 1.807) is 0 Å². The van der Waals surface area contributed by atoms with Gasteiger partial charge in [-0.25, -0.2) is 0 Å². The Labute approximate surface area is 362 Å². The predicted octanol–water partition coefficient (Wildman–Crippen LogP) is 16.6. The standard InChI is InChI=1S/C60H42N2/c1-5-19-43(20-6-1)48-39-49(44-21-7-2-8-22-44)42-53(41-48)61(51-37-35-46(36-38-51)55-30-14-13-29-54(55)45-23-9-3-10-24-45)52-28-17-25-47(40-52)56-32-18-34-59-60(56)57-31-15-16-33-58(57)62(59)50-26-11-4-12-27-50/h1-42H. The second kappa shape index (κ2) is 16.1. The fourth-order valence-corrected chi connectivity index (χ4v) is 9.10. The molecule has 292 valence electrons. The summed E-state index contributed by atoms with van der Waals surface area (Å²) in [6, 6.07) is 92.1. The monoisotopic (exact) mass is 790 g/mol. The molecule has 62 heavy (non-hydrogen) atoms. The topological polar surface area (TPSA) is 8.17 Å². The van der Waals surface area contributed by atoms with E-state index >= 15 is 0 Å². The lowest BCUT2D eigenvalue weighted by Gasteiger charge is -2.28. The molecule has 0 bridgehead atoms. The highest BCUT2D eigenvalue weighted by Gasteiger charge is 2.20. The van der Waals surface area contributed by atoms with E-state index in [-0.39, 0.29) is 0 Å². The van der Waals surface area contributed by atoms with Crippen molar-refractivity contribution in [3.05, 3.63) is 255 Å². The first-order chi connectivity index (χ1) is 30.8. The number of hydrogen-bond acceptors (Lipinski definition) is 1. The highest BCUT2D eigenvalue weighted by molar-refractivity contribution is 6.16. The van der Waals surface area contributed by atoms with Gasteiger partial charge in [-0.1, -0.05) is 188 Å². The molecule has 11 aromatic rings. The highest BCUT2D eigenvalue weighted by atomic mass is 15.1. The molecule has 2 heteroatoms. The maximum absolute atomic E-state index is 2.42. The van der Waals surface area contributed by atoms with E-state index in [4.69, 9.17) is 0 Å². The van der Waals surface area contributed by atoms with E-state index in [2.05, 4.69) is 264 Å². The molecule has 0 fully saturated rings. The summed E-state index contributed by atoms with van der Waals surface area (Å²) in [6.45, 7) is 0. The first kappa shape index (κ1) is 36.8. The van der Waals surface area contributed by atoms with Crippen LogP contribution < -0.4 is 4.90 Å². The van der Waals surface area contributed by atoms with Crippen LogP contribution in [0.1, 0.15) is 0 Å². The van der Waals surface area contributed by atoms with Crippen LogP contribution in [0.15, 0.2) is 255 Å². The fraction of sp³-hybridized carbons (Fsp3) is 0. The molecule has 11 rings (SSSR count). The van der Waals surface area contributed by atoms with Crippen LogP contribution in [0, 0.1) is 0 Å². The molecule has 0 radical (unpaired) electrons. The molecule has 0 amide bonds. The molecule has 2 nitrogen and oxygen atoms in total. The molecule has 0 N–H and O–H groups in total. The summed E-state index contributed by atoms with van der Waals surface area (Å²) in [7, 11) is 0. The lowest BCUT2D eigenvalue weighted by atomic mass is 9.94. The van der Waals surface area contributed by atoms with Crippen molar-refractivity contribution < 1.29 is 0 Å². The van der Waals surface area contributed by atoms with Crippen molar-refractivity contribution in [3.8, 4) is 61.3 Å². The van der Waals surface area contributed by atoms with Gasteiger partial charge in [-0.15, -0.1) is 0 Å². The van der Waals surface area contributed by atoms with E-state index in [0.717, 1.165) is 39.4 Å². The summed E-state index contributed by atoms with van der Waals surface area (Å²) in [6.07, 6.45) is 0. The number of rotatable bonds is 9. The molecule has 0 spiro atoms. The summed E-state index contributed by atoms with van der Waals surface area (Å²) in [5.74, 6) is 0. The molecule has 0 unspecified atom stereocenters. The maximum atomic E-state index is 2.42. The average molecular weight is 791 g/mol. The van der Waals surface area contributed by atoms with Crippen LogP contribution in [-0.4, -0.2) is 4.57 Å². The molecule has 1 aromatic heterocycles. The van der Waals surface area contributed by atoms with Crippen molar-refractivity contribution in [3.63, 3.8) is 0 Å². The van der Waals surface area contributed by atoms with Gasteiger partial charge in [0.1, 0.15) is 0 Å². The van der Waals surface area contributed by atoms with Crippen molar-refractivity contribution in [2.24, 2.45) is 0 Å². The zero-order chi connectivity index (χ0) is 41.2. The van der Waals surface area contributed by atoms with Crippen molar-refractivity contribution in [1.82, 2.24) is 4.57 Å². The van der Waals surface area contributed by atoms with Crippen LogP contribution in [0.3, 0.4) is 0 Å². The van der Waals surface area contributed by atoms with Crippen LogP contribution in [-0.2, 0) is 0 Å². The average Bonchev–Trinajstić information content (AvgIpc) is 3.70. The number of aromatic nitrogens is 1. The normalized spacial score (nSPS) is 11.2. The number of hydrogen-bond donors (Lipinski definition) is 0. The molecule has 0 atom stereocenters. The first-order valence-corrected chi connectivity index (χ1v) is 21.3. The molecular formula is C60H42N2. The van der Waals surface area contributed by atoms with Crippen molar-refractivity contribution in [2.75, 3.05) is 4.90 Å². The van der Waals surface area contributed by atoms with E-state index in [1.165, 1.54) is 60.8 Å². The number of nitrogens with zero attached hydrogens (tertiary/aromatic N) is 2. The minimum atomic E-state index is 1.08. The second-order valence-corrected chi connectivity index (χ2v) is 15.7. The van der Waals surface area contributed by atoms with Gasteiger partial charge in [0.25, 0.3) is 0 Å². The van der Waals surface area contributed by atoms with Crippen molar-refractivity contribution in [1.29, 1.82) is 0 Å². The Hall–Kier alpha value is -8.20. The lowest BCUT2D eigenvalue weighted by molar-refractivity contribution is 1.18. The Bertz CT molecular complexity index is 3260. The second-order valence-electron chi connectivity index (χ2n) is 15.7. The quantitative estimate of drug-likeness (QED) is 0.141. The van der Waals surface area contributed by atoms with Gasteiger partial charge < -0.3 is 9.47 Å². The summed E-state index contributed by atoms with van der Waals surface area (Å²) >= 11 is 0. The number of para-hydroxylation sites is 2. The van der Waals surface area contributed by atoms with Gasteiger partial charge in [0.05, 0.1) is 11.0 Å². The molecule has 1 heterocycles. The highest BCUT2D eigenvalue weighted by Crippen LogP contribution is 2.44. The Kier molecular flexibility index (Phi) is 9.57. The Morgan fingerprint density at radius 1 is 0.258 bits per heavy atom. The summed E-state index contributed by atoms with van der Waals surface area (Å²) < 4.78 is 2.39. The molecule has 0 aliphatic rings. The van der Waals surface area contributed by atoms with Crippen molar-refractivity contribution >= 4 is 38.9 Å². The van der Waals surface area contributed by atoms with Crippen LogP contribution in [0.25, 0.3) is 83.1 Å². The zero-order valence-electron chi connectivity index (χ0n) is 34.1. The van der Waals surface area contributed by atoms with Gasteiger partial charge >= 0.3 is 0 Å². The number of fused-ring (bicyclic) bond motifs is 3. The first-order valence-electron chi connectivity index (χ1n) is 21.3. The maximum Gasteiger partial charge on any atom is 0.0547 e. The van der Waals surface area contributed by atoms with Gasteiger partial charge in [-0.05, 0) is 122 Å². The minimum absolute atomic E-state index is 1.08. The Balaban J connectivity index is 1.11. The molecular weight excluding hydrogens is 749 g/mol. The van der Waals surface area contributed by atoms with Gasteiger partial charge in [0, 0.05) is 33.5 Å². The van der Waals surface area contributed by atoms with Gasteiger partial charge in [0.2, 0.25) is 0 Å². The Morgan fingerprint density at radius 3 is 1.37 bits per heavy atom. The fourth-order valence-electron chi connectivity index (χ4n) is 9.10. The van der Waals surface area contributed by atoms with Crippen molar-refractivity contribution in [2.45, 2.75) is 0 Å². The van der Waals surface area contributed by atoms with E-state index in [1.807, 2.05) is 0 Å². The van der Waals surface area contributed by atoms with Gasteiger partial charge in [0.15, 0.2) is 0 Å². The van der Waals surface area contributed by atoms with Crippen LogP contribution in [0.4, 0.5) is 17.1 Å². The molecule has 0 saturated heterocycles. The summed E-state index contributed by atoms with van der Waals surface area (Å²) in [5, 5.41) is 2.48. The lowest BCUT2D eigenvalue weighted by Crippen LogP contribution is -2.10. The SMILES string of the molecule is c1ccc(-c2cc(-c3ccccc3)cc(N(c3ccc(-c4ccccc4-c4ccccc4)cc3)c3cccc(-c4cccc5c4c4ccccc4n5-c4ccccc4)c3)c2)cc1. The smallest absolute Gasteiger partial charge is 0.0547 e.